The minimum Gasteiger partial charge on any atom is -0.394 e. The first kappa shape index (κ1) is 12.5. The summed E-state index contributed by atoms with van der Waals surface area (Å²) in [6.45, 7) is 6.39. The van der Waals surface area contributed by atoms with Crippen molar-refractivity contribution in [1.29, 1.82) is 0 Å². The molecule has 0 saturated carbocycles. The van der Waals surface area contributed by atoms with E-state index < -0.39 is 0 Å². The number of ether oxygens (including phenoxy) is 1. The molecular formula is C11H20N4O2. The van der Waals surface area contributed by atoms with Crippen molar-refractivity contribution >= 4 is 0 Å². The molecule has 0 bridgehead atoms. The van der Waals surface area contributed by atoms with E-state index in [-0.39, 0.29) is 18.8 Å². The fourth-order valence-electron chi connectivity index (χ4n) is 2.16. The van der Waals surface area contributed by atoms with Gasteiger partial charge in [-0.25, -0.2) is 0 Å². The lowest BCUT2D eigenvalue weighted by molar-refractivity contribution is -0.0978. The van der Waals surface area contributed by atoms with Gasteiger partial charge in [0.25, 0.3) is 0 Å². The Bertz CT molecular complexity index is 380. The van der Waals surface area contributed by atoms with E-state index in [1.54, 1.807) is 0 Å². The van der Waals surface area contributed by atoms with Crippen LogP contribution in [0.15, 0.2) is 0 Å². The topological polar surface area (TPSA) is 63.4 Å². The fourth-order valence-corrected chi connectivity index (χ4v) is 2.16. The third-order valence-corrected chi connectivity index (χ3v) is 3.15. The summed E-state index contributed by atoms with van der Waals surface area (Å²) >= 11 is 0. The van der Waals surface area contributed by atoms with Crippen molar-refractivity contribution in [3.63, 3.8) is 0 Å². The number of aromatic nitrogens is 3. The monoisotopic (exact) mass is 240 g/mol. The molecule has 0 amide bonds. The second kappa shape index (κ2) is 5.12. The zero-order valence-electron chi connectivity index (χ0n) is 10.6. The van der Waals surface area contributed by atoms with E-state index in [1.165, 1.54) is 0 Å². The number of rotatable bonds is 3. The molecule has 1 aromatic heterocycles. The van der Waals surface area contributed by atoms with E-state index >= 15 is 0 Å². The summed E-state index contributed by atoms with van der Waals surface area (Å²) in [5, 5.41) is 17.4. The maximum absolute atomic E-state index is 9.17. The summed E-state index contributed by atoms with van der Waals surface area (Å²) in [5.41, 5.74) is 0. The summed E-state index contributed by atoms with van der Waals surface area (Å²) in [6.07, 6.45) is 0.0586. The predicted octanol–water partition coefficient (Wildman–Crippen LogP) is -0.295. The van der Waals surface area contributed by atoms with E-state index in [0.29, 0.717) is 0 Å². The highest BCUT2D eigenvalue weighted by Crippen LogP contribution is 2.13. The van der Waals surface area contributed by atoms with Gasteiger partial charge < -0.3 is 14.4 Å². The van der Waals surface area contributed by atoms with Crippen molar-refractivity contribution in [2.75, 3.05) is 19.7 Å². The molecule has 2 heterocycles. The molecule has 1 N–H and O–H groups in total. The Hall–Kier alpha value is -0.980. The van der Waals surface area contributed by atoms with Crippen molar-refractivity contribution in [3.05, 3.63) is 11.6 Å². The zero-order chi connectivity index (χ0) is 12.4. The molecule has 96 valence electrons. The predicted molar refractivity (Wildman–Crippen MR) is 62.4 cm³/mol. The van der Waals surface area contributed by atoms with Crippen LogP contribution in [0.5, 0.6) is 0 Å². The van der Waals surface area contributed by atoms with E-state index in [2.05, 4.69) is 15.1 Å². The third-order valence-electron chi connectivity index (χ3n) is 3.15. The lowest BCUT2D eigenvalue weighted by Crippen LogP contribution is -2.47. The zero-order valence-corrected chi connectivity index (χ0v) is 10.6. The summed E-state index contributed by atoms with van der Waals surface area (Å²) in [5.74, 6) is 1.87. The van der Waals surface area contributed by atoms with Gasteiger partial charge in [0, 0.05) is 20.1 Å². The van der Waals surface area contributed by atoms with Crippen molar-refractivity contribution in [2.45, 2.75) is 32.6 Å². The maximum Gasteiger partial charge on any atom is 0.146 e. The van der Waals surface area contributed by atoms with E-state index in [1.807, 2.05) is 25.5 Å². The number of hydrogen-bond donors (Lipinski definition) is 1. The first-order chi connectivity index (χ1) is 8.10. The molecule has 17 heavy (non-hydrogen) atoms. The molecule has 6 heteroatoms. The van der Waals surface area contributed by atoms with Gasteiger partial charge in [0.05, 0.1) is 25.4 Å². The average molecular weight is 240 g/mol. The van der Waals surface area contributed by atoms with Crippen LogP contribution in [0, 0.1) is 6.92 Å². The van der Waals surface area contributed by atoms with Gasteiger partial charge in [0.15, 0.2) is 0 Å². The Morgan fingerprint density at radius 2 is 2.18 bits per heavy atom. The molecule has 0 aliphatic carbocycles. The van der Waals surface area contributed by atoms with E-state index in [9.17, 15) is 0 Å². The number of aryl methyl sites for hydroxylation is 1. The average Bonchev–Trinajstić information content (AvgIpc) is 2.60. The largest absolute Gasteiger partial charge is 0.394 e. The number of nitrogens with zero attached hydrogens (tertiary/aromatic N) is 4. The Labute approximate surface area is 101 Å². The molecule has 6 nitrogen and oxygen atoms in total. The first-order valence-corrected chi connectivity index (χ1v) is 5.93. The van der Waals surface area contributed by atoms with Gasteiger partial charge in [-0.1, -0.05) is 0 Å². The standard InChI is InChI=1S/C11H20N4O2/c1-8-4-15(5-10(7-16)17-8)6-11-13-12-9(2)14(11)3/h8,10,16H,4-7H2,1-3H3. The Morgan fingerprint density at radius 3 is 2.76 bits per heavy atom. The van der Waals surface area contributed by atoms with Crippen molar-refractivity contribution in [3.8, 4) is 0 Å². The Kier molecular flexibility index (Phi) is 3.76. The summed E-state index contributed by atoms with van der Waals surface area (Å²) in [4.78, 5) is 2.25. The number of aliphatic hydroxyl groups excluding tert-OH is 1. The SMILES string of the molecule is Cc1nnc(CN2CC(C)OC(CO)C2)n1C. The van der Waals surface area contributed by atoms with Gasteiger partial charge >= 0.3 is 0 Å². The molecule has 1 aromatic rings. The molecule has 1 aliphatic rings. The van der Waals surface area contributed by atoms with Crippen LogP contribution < -0.4 is 0 Å². The molecule has 0 spiro atoms. The smallest absolute Gasteiger partial charge is 0.146 e. The minimum absolute atomic E-state index is 0.0681. The Morgan fingerprint density at radius 1 is 1.41 bits per heavy atom. The molecule has 1 saturated heterocycles. The second-order valence-corrected chi connectivity index (χ2v) is 4.67. The molecule has 0 aromatic carbocycles. The summed E-state index contributed by atoms with van der Waals surface area (Å²) < 4.78 is 7.60. The minimum atomic E-state index is -0.0897. The lowest BCUT2D eigenvalue weighted by atomic mass is 10.2. The van der Waals surface area contributed by atoms with Gasteiger partial charge in [0.1, 0.15) is 11.6 Å². The lowest BCUT2D eigenvalue weighted by Gasteiger charge is -2.35. The molecule has 1 aliphatic heterocycles. The summed E-state index contributed by atoms with van der Waals surface area (Å²) in [7, 11) is 1.97. The van der Waals surface area contributed by atoms with E-state index in [0.717, 1.165) is 31.3 Å². The molecule has 2 rings (SSSR count). The summed E-state index contributed by atoms with van der Waals surface area (Å²) in [6, 6.07) is 0. The van der Waals surface area contributed by atoms with Crippen molar-refractivity contribution in [2.24, 2.45) is 7.05 Å². The van der Waals surface area contributed by atoms with Crippen LogP contribution in [0.4, 0.5) is 0 Å². The fraction of sp³-hybridized carbons (Fsp3) is 0.818. The van der Waals surface area contributed by atoms with Crippen LogP contribution in [0.25, 0.3) is 0 Å². The van der Waals surface area contributed by atoms with Crippen LogP contribution in [0.2, 0.25) is 0 Å². The third kappa shape index (κ3) is 2.83. The van der Waals surface area contributed by atoms with Gasteiger partial charge in [-0.05, 0) is 13.8 Å². The first-order valence-electron chi connectivity index (χ1n) is 5.93. The molecule has 2 unspecified atom stereocenters. The maximum atomic E-state index is 9.17. The quantitative estimate of drug-likeness (QED) is 0.786. The van der Waals surface area contributed by atoms with Crippen molar-refractivity contribution in [1.82, 2.24) is 19.7 Å². The van der Waals surface area contributed by atoms with Crippen LogP contribution in [-0.2, 0) is 18.3 Å². The normalized spacial score (nSPS) is 26.4. The van der Waals surface area contributed by atoms with Crippen LogP contribution in [-0.4, -0.2) is 56.7 Å². The number of hydrogen-bond acceptors (Lipinski definition) is 5. The van der Waals surface area contributed by atoms with Gasteiger partial charge in [-0.15, -0.1) is 10.2 Å². The molecule has 1 fully saturated rings. The van der Waals surface area contributed by atoms with Crippen LogP contribution in [0.3, 0.4) is 0 Å². The highest BCUT2D eigenvalue weighted by atomic mass is 16.5. The van der Waals surface area contributed by atoms with Gasteiger partial charge in [-0.2, -0.15) is 0 Å². The number of aliphatic hydroxyl groups is 1. The number of morpholine rings is 1. The van der Waals surface area contributed by atoms with Gasteiger partial charge in [0.2, 0.25) is 0 Å². The highest BCUT2D eigenvalue weighted by Gasteiger charge is 2.25. The molecule has 2 atom stereocenters. The van der Waals surface area contributed by atoms with Gasteiger partial charge in [-0.3, -0.25) is 4.90 Å². The molecule has 0 radical (unpaired) electrons. The van der Waals surface area contributed by atoms with Crippen molar-refractivity contribution < 1.29 is 9.84 Å². The van der Waals surface area contributed by atoms with E-state index in [4.69, 9.17) is 9.84 Å². The van der Waals surface area contributed by atoms with Crippen LogP contribution in [0.1, 0.15) is 18.6 Å². The highest BCUT2D eigenvalue weighted by molar-refractivity contribution is 4.93. The Balaban J connectivity index is 2.01. The molecular weight excluding hydrogens is 220 g/mol. The second-order valence-electron chi connectivity index (χ2n) is 4.67. The van der Waals surface area contributed by atoms with Crippen LogP contribution >= 0.6 is 0 Å².